The van der Waals surface area contributed by atoms with Crippen molar-refractivity contribution in [3.63, 3.8) is 0 Å². The van der Waals surface area contributed by atoms with Crippen molar-refractivity contribution >= 4 is 41.8 Å². The number of carbonyl (C=O) groups excluding carboxylic acids is 5. The van der Waals surface area contributed by atoms with Crippen LogP contribution in [0.15, 0.2) is 24.3 Å². The van der Waals surface area contributed by atoms with E-state index in [1.165, 1.54) is 11.0 Å². The van der Waals surface area contributed by atoms with E-state index in [1.54, 1.807) is 0 Å². The molecular weight excluding hydrogens is 671 g/mol. The predicted octanol–water partition coefficient (Wildman–Crippen LogP) is 3.35. The summed E-state index contributed by atoms with van der Waals surface area (Å²) in [6.45, 7) is 27.2. The number of urea groups is 1. The lowest BCUT2D eigenvalue weighted by Crippen LogP contribution is -2.61. The molecule has 1 aliphatic rings. The molecule has 14 heteroatoms. The van der Waals surface area contributed by atoms with E-state index >= 15 is 0 Å². The number of unbranched alkanes of at least 4 members (excludes halogenated alkanes) is 1. The molecule has 51 heavy (non-hydrogen) atoms. The lowest BCUT2D eigenvalue weighted by Gasteiger charge is -2.37. The smallest absolute Gasteiger partial charge is 0.315 e. The van der Waals surface area contributed by atoms with E-state index in [9.17, 15) is 28.5 Å². The average molecular weight is 739 g/mol. The first-order valence-electron chi connectivity index (χ1n) is 18.3. The van der Waals surface area contributed by atoms with Crippen molar-refractivity contribution in [2.75, 3.05) is 32.7 Å². The zero-order valence-electron chi connectivity index (χ0n) is 33.0. The van der Waals surface area contributed by atoms with Crippen molar-refractivity contribution in [1.29, 1.82) is 0 Å². The maximum atomic E-state index is 14.4. The molecule has 13 nitrogen and oxygen atoms in total. The monoisotopic (exact) mass is 738 g/mol. The maximum absolute atomic E-state index is 14.4. The summed E-state index contributed by atoms with van der Waals surface area (Å²) in [5.41, 5.74) is 0.0114. The Balaban J connectivity index is 3.27. The van der Waals surface area contributed by atoms with Crippen molar-refractivity contribution in [2.45, 2.75) is 132 Å². The van der Waals surface area contributed by atoms with Gasteiger partial charge in [-0.2, -0.15) is 4.55 Å². The van der Waals surface area contributed by atoms with Crippen molar-refractivity contribution < 1.29 is 28.5 Å². The molecule has 1 aliphatic heterocycles. The summed E-state index contributed by atoms with van der Waals surface area (Å²) in [4.78, 5) is 69.1. The second-order valence-electron chi connectivity index (χ2n) is 16.2. The first kappa shape index (κ1) is 46.1. The molecule has 0 aromatic rings. The SMILES string of the molecule is C=CCNC(=O)C(=O)C(CCCC)NC(=O)[C@@H]1CC(C=C(C)C)CN1C(=O)[C@@H](NC(=O)N[C@H](CNCCN([SH+]O)C(C)C)C(C)(C)C)C(C)(C)C. The second kappa shape index (κ2) is 21.6. The molecule has 1 rings (SSSR count). The highest BCUT2D eigenvalue weighted by Gasteiger charge is 2.45. The molecule has 0 radical (unpaired) electrons. The van der Waals surface area contributed by atoms with Crippen LogP contribution >= 0.6 is 0 Å². The first-order chi connectivity index (χ1) is 23.7. The molecule has 5 atom stereocenters. The summed E-state index contributed by atoms with van der Waals surface area (Å²) < 4.78 is 11.5. The number of amides is 5. The van der Waals surface area contributed by atoms with Gasteiger partial charge in [0.1, 0.15) is 12.1 Å². The van der Waals surface area contributed by atoms with Crippen LogP contribution in [0.4, 0.5) is 4.79 Å². The van der Waals surface area contributed by atoms with E-state index in [4.69, 9.17) is 0 Å². The van der Waals surface area contributed by atoms with E-state index in [-0.39, 0.29) is 55.2 Å². The molecule has 2 unspecified atom stereocenters. The second-order valence-corrected chi connectivity index (χ2v) is 16.9. The molecular formula is C37H68N7O6S+. The average Bonchev–Trinajstić information content (AvgIpc) is 3.45. The number of carbonyl (C=O) groups is 5. The van der Waals surface area contributed by atoms with Crippen LogP contribution in [0.3, 0.4) is 0 Å². The van der Waals surface area contributed by atoms with Gasteiger partial charge in [0.05, 0.1) is 18.6 Å². The number of Topliss-reactive ketones (excluding diaryl/α,β-unsaturated/α-hetero) is 1. The van der Waals surface area contributed by atoms with Gasteiger partial charge in [0.15, 0.2) is 0 Å². The molecule has 292 valence electrons. The van der Waals surface area contributed by atoms with Gasteiger partial charge < -0.3 is 31.5 Å². The van der Waals surface area contributed by atoms with Gasteiger partial charge in [0, 0.05) is 32.2 Å². The third-order valence-electron chi connectivity index (χ3n) is 8.91. The number of nitrogens with one attached hydrogen (secondary N) is 5. The van der Waals surface area contributed by atoms with Crippen LogP contribution in [-0.2, 0) is 31.4 Å². The van der Waals surface area contributed by atoms with E-state index in [1.807, 2.05) is 86.5 Å². The van der Waals surface area contributed by atoms with Gasteiger partial charge in [-0.25, -0.2) is 4.79 Å². The van der Waals surface area contributed by atoms with E-state index in [0.717, 1.165) is 12.0 Å². The largest absolute Gasteiger partial charge is 0.346 e. The first-order valence-corrected chi connectivity index (χ1v) is 19.1. The summed E-state index contributed by atoms with van der Waals surface area (Å²) >= 11 is 0.210. The van der Waals surface area contributed by atoms with E-state index in [2.05, 4.69) is 33.2 Å². The lowest BCUT2D eigenvalue weighted by molar-refractivity contribution is -0.143. The molecule has 1 saturated heterocycles. The fourth-order valence-electron chi connectivity index (χ4n) is 5.87. The predicted molar refractivity (Wildman–Crippen MR) is 207 cm³/mol. The molecule has 0 spiro atoms. The third kappa shape index (κ3) is 15.7. The van der Waals surface area contributed by atoms with Crippen LogP contribution in [0.1, 0.15) is 102 Å². The Morgan fingerprint density at radius 3 is 2.18 bits per heavy atom. The van der Waals surface area contributed by atoms with Crippen molar-refractivity contribution in [3.05, 3.63) is 24.3 Å². The van der Waals surface area contributed by atoms with Crippen molar-refractivity contribution in [3.8, 4) is 0 Å². The van der Waals surface area contributed by atoms with Crippen LogP contribution < -0.4 is 26.6 Å². The zero-order valence-corrected chi connectivity index (χ0v) is 33.9. The van der Waals surface area contributed by atoms with E-state index in [0.29, 0.717) is 32.5 Å². The molecule has 0 bridgehead atoms. The van der Waals surface area contributed by atoms with E-state index < -0.39 is 53.1 Å². The Bertz CT molecular complexity index is 1210. The van der Waals surface area contributed by atoms with Crippen LogP contribution in [-0.4, -0.2) is 106 Å². The normalized spacial score (nSPS) is 18.1. The van der Waals surface area contributed by atoms with Gasteiger partial charge in [0.25, 0.3) is 5.91 Å². The third-order valence-corrected chi connectivity index (χ3v) is 9.81. The highest BCUT2D eigenvalue weighted by atomic mass is 32.2. The molecule has 0 aliphatic carbocycles. The Kier molecular flexibility index (Phi) is 19.5. The number of allylic oxidation sites excluding steroid dienone is 1. The molecule has 5 amide bonds. The molecule has 0 saturated carbocycles. The number of hydrogen-bond acceptors (Lipinski definition) is 8. The Morgan fingerprint density at radius 1 is 1.02 bits per heavy atom. The minimum absolute atomic E-state index is 0.113. The van der Waals surface area contributed by atoms with Gasteiger partial charge in [0.2, 0.25) is 29.8 Å². The van der Waals surface area contributed by atoms with Gasteiger partial charge in [-0.3, -0.25) is 19.2 Å². The topological polar surface area (TPSA) is 172 Å². The van der Waals surface area contributed by atoms with Crippen molar-refractivity contribution in [2.24, 2.45) is 16.7 Å². The number of hydrogen-bond donors (Lipinski definition) is 6. The quantitative estimate of drug-likeness (QED) is 0.0363. The van der Waals surface area contributed by atoms with Gasteiger partial charge >= 0.3 is 6.03 Å². The Hall–Kier alpha value is -2.94. The summed E-state index contributed by atoms with van der Waals surface area (Å²) in [7, 11) is 0. The maximum Gasteiger partial charge on any atom is 0.315 e. The van der Waals surface area contributed by atoms with Crippen LogP contribution in [0, 0.1) is 16.7 Å². The fraction of sp³-hybridized carbons (Fsp3) is 0.757. The molecule has 1 fully saturated rings. The summed E-state index contributed by atoms with van der Waals surface area (Å²) in [6.07, 6.45) is 5.51. The molecule has 1 heterocycles. The van der Waals surface area contributed by atoms with Crippen LogP contribution in [0.25, 0.3) is 0 Å². The highest BCUT2D eigenvalue weighted by Crippen LogP contribution is 2.30. The summed E-state index contributed by atoms with van der Waals surface area (Å²) in [6, 6.07) is -3.53. The molecule has 0 aromatic heterocycles. The number of thiol groups is 1. The minimum atomic E-state index is -1.04. The standard InChI is InChI=1S/C37H67N7O6S/c1-13-15-16-27(30(45)33(47)39-17-14-2)40-32(46)28-21-26(20-24(3)4)23-43(28)34(48)31(37(10,11)12)42-35(49)41-29(36(7,8)9)22-38-18-19-44(51-50)25(5)6/h14,20,25-29,31,38,50H,2,13,15-19,21-23H2,1,3-12H3,(H,39,47)(H,40,46)(H2,41,42,49)/p+1/t26?,27?,28-,29+,31+/m0/s1. The number of likely N-dealkylation sites (tertiary alicyclic amines) is 1. The molecule has 6 N–H and O–H groups in total. The Morgan fingerprint density at radius 2 is 1.67 bits per heavy atom. The summed E-state index contributed by atoms with van der Waals surface area (Å²) in [5.74, 6) is -2.56. The number of rotatable bonds is 20. The number of nitrogens with zero attached hydrogens (tertiary/aromatic N) is 2. The molecule has 0 aromatic carbocycles. The Labute approximate surface area is 311 Å². The van der Waals surface area contributed by atoms with Crippen LogP contribution in [0.2, 0.25) is 0 Å². The lowest BCUT2D eigenvalue weighted by atomic mass is 9.85. The number of ketones is 1. The summed E-state index contributed by atoms with van der Waals surface area (Å²) in [5, 5.41) is 14.7. The fourth-order valence-corrected chi connectivity index (χ4v) is 6.27. The van der Waals surface area contributed by atoms with Crippen molar-refractivity contribution in [1.82, 2.24) is 35.8 Å². The minimum Gasteiger partial charge on any atom is -0.346 e. The van der Waals surface area contributed by atoms with Crippen LogP contribution in [0.5, 0.6) is 0 Å². The van der Waals surface area contributed by atoms with Gasteiger partial charge in [-0.1, -0.05) is 83.3 Å². The van der Waals surface area contributed by atoms with Gasteiger partial charge in [-0.15, -0.1) is 6.58 Å². The van der Waals surface area contributed by atoms with Gasteiger partial charge in [-0.05, 0) is 57.3 Å². The zero-order chi connectivity index (χ0) is 39.1. The highest BCUT2D eigenvalue weighted by molar-refractivity contribution is 7.70.